The number of fused-ring (bicyclic) bond motifs is 1. The van der Waals surface area contributed by atoms with E-state index in [1.807, 2.05) is 0 Å². The summed E-state index contributed by atoms with van der Waals surface area (Å²) in [5.74, 6) is 0.622. The summed E-state index contributed by atoms with van der Waals surface area (Å²) in [6.07, 6.45) is 2.11. The summed E-state index contributed by atoms with van der Waals surface area (Å²) in [4.78, 5) is 24.3. The first-order chi connectivity index (χ1) is 13.6. The number of Topliss-reactive ketones (excluding diaryl/α,β-unsaturated/α-hetero) is 1. The topological polar surface area (TPSA) is 117 Å². The molecular weight excluding hydrogens is 386 g/mol. The fraction of sp³-hybridized carbons (Fsp3) is 0.471. The highest BCUT2D eigenvalue weighted by Crippen LogP contribution is 2.37. The predicted molar refractivity (Wildman–Crippen MR) is 98.7 cm³/mol. The van der Waals surface area contributed by atoms with Gasteiger partial charge in [0, 0.05) is 18.2 Å². The summed E-state index contributed by atoms with van der Waals surface area (Å²) in [5.41, 5.74) is 0.757. The van der Waals surface area contributed by atoms with Gasteiger partial charge < -0.3 is 19.5 Å². The van der Waals surface area contributed by atoms with Crippen LogP contribution in [-0.4, -0.2) is 57.2 Å². The van der Waals surface area contributed by atoms with Gasteiger partial charge in [-0.1, -0.05) is 11.8 Å². The molecule has 0 aliphatic carbocycles. The molecule has 0 spiro atoms. The molecule has 1 saturated heterocycles. The smallest absolute Gasteiger partial charge is 0.234 e. The van der Waals surface area contributed by atoms with Crippen molar-refractivity contribution in [3.63, 3.8) is 0 Å². The quantitative estimate of drug-likeness (QED) is 0.540. The monoisotopic (exact) mass is 405 g/mol. The van der Waals surface area contributed by atoms with E-state index in [9.17, 15) is 9.59 Å². The molecule has 0 saturated carbocycles. The molecule has 1 amide bonds. The Morgan fingerprint density at radius 1 is 1.32 bits per heavy atom. The lowest BCUT2D eigenvalue weighted by molar-refractivity contribution is -0.113. The Kier molecular flexibility index (Phi) is 5.44. The average molecular weight is 405 g/mol. The zero-order valence-electron chi connectivity index (χ0n) is 15.2. The second-order valence-electron chi connectivity index (χ2n) is 6.42. The number of rotatable bonds is 7. The van der Waals surface area contributed by atoms with Crippen LogP contribution in [0.25, 0.3) is 0 Å². The van der Waals surface area contributed by atoms with Crippen molar-refractivity contribution in [2.24, 2.45) is 0 Å². The van der Waals surface area contributed by atoms with E-state index < -0.39 is 0 Å². The molecular formula is C17H19N5O5S. The average Bonchev–Trinajstić information content (AvgIpc) is 3.41. The van der Waals surface area contributed by atoms with Crippen molar-refractivity contribution in [2.75, 3.05) is 24.5 Å². The third-order valence-corrected chi connectivity index (χ3v) is 5.36. The number of hydrogen-bond acceptors (Lipinski definition) is 9. The molecule has 1 atom stereocenters. The highest BCUT2D eigenvalue weighted by atomic mass is 32.2. The Morgan fingerprint density at radius 2 is 2.14 bits per heavy atom. The zero-order chi connectivity index (χ0) is 19.5. The van der Waals surface area contributed by atoms with Crippen LogP contribution >= 0.6 is 11.8 Å². The van der Waals surface area contributed by atoms with Crippen molar-refractivity contribution in [3.8, 4) is 11.5 Å². The number of ketones is 1. The Bertz CT molecular complexity index is 896. The van der Waals surface area contributed by atoms with Crippen LogP contribution in [0.3, 0.4) is 0 Å². The predicted octanol–water partition coefficient (Wildman–Crippen LogP) is 1.51. The molecule has 2 aliphatic heterocycles. The van der Waals surface area contributed by atoms with E-state index in [1.54, 1.807) is 16.8 Å². The minimum atomic E-state index is -0.280. The van der Waals surface area contributed by atoms with Crippen LogP contribution in [0.15, 0.2) is 17.3 Å². The van der Waals surface area contributed by atoms with Crippen molar-refractivity contribution < 1.29 is 23.8 Å². The number of benzene rings is 1. The number of aromatic nitrogens is 4. The first-order valence-corrected chi connectivity index (χ1v) is 9.83. The van der Waals surface area contributed by atoms with Gasteiger partial charge in [-0.3, -0.25) is 9.59 Å². The van der Waals surface area contributed by atoms with Crippen LogP contribution < -0.4 is 14.8 Å². The third kappa shape index (κ3) is 4.09. The van der Waals surface area contributed by atoms with Crippen molar-refractivity contribution in [1.29, 1.82) is 0 Å². The van der Waals surface area contributed by atoms with Crippen molar-refractivity contribution in [3.05, 3.63) is 17.7 Å². The highest BCUT2D eigenvalue weighted by Gasteiger charge is 2.22. The minimum Gasteiger partial charge on any atom is -0.454 e. The molecule has 10 nitrogen and oxygen atoms in total. The molecule has 2 aromatic rings. The van der Waals surface area contributed by atoms with Gasteiger partial charge in [-0.15, -0.1) is 5.10 Å². The molecule has 1 N–H and O–H groups in total. The summed E-state index contributed by atoms with van der Waals surface area (Å²) in [5, 5.41) is 14.9. The molecule has 4 rings (SSSR count). The Balaban J connectivity index is 1.39. The minimum absolute atomic E-state index is 0.0906. The van der Waals surface area contributed by atoms with Crippen LogP contribution in [0.5, 0.6) is 11.5 Å². The van der Waals surface area contributed by atoms with Crippen molar-refractivity contribution >= 4 is 29.1 Å². The van der Waals surface area contributed by atoms with Crippen molar-refractivity contribution in [1.82, 2.24) is 20.2 Å². The Morgan fingerprint density at radius 3 is 2.89 bits per heavy atom. The Labute approximate surface area is 164 Å². The number of anilines is 1. The summed E-state index contributed by atoms with van der Waals surface area (Å²) in [6, 6.07) is 3.18. The van der Waals surface area contributed by atoms with E-state index in [-0.39, 0.29) is 30.3 Å². The molecule has 11 heteroatoms. The fourth-order valence-electron chi connectivity index (χ4n) is 3.05. The number of amides is 1. The second kappa shape index (κ2) is 8.15. The summed E-state index contributed by atoms with van der Waals surface area (Å²) < 4.78 is 17.9. The van der Waals surface area contributed by atoms with Gasteiger partial charge in [0.05, 0.1) is 24.1 Å². The van der Waals surface area contributed by atoms with E-state index in [2.05, 4.69) is 20.8 Å². The van der Waals surface area contributed by atoms with Gasteiger partial charge in [0.2, 0.25) is 17.9 Å². The maximum atomic E-state index is 12.4. The maximum Gasteiger partial charge on any atom is 0.234 e. The molecule has 3 heterocycles. The fourth-order valence-corrected chi connectivity index (χ4v) is 3.74. The second-order valence-corrected chi connectivity index (χ2v) is 7.37. The first-order valence-electron chi connectivity index (χ1n) is 8.85. The van der Waals surface area contributed by atoms with Crippen LogP contribution in [0.1, 0.15) is 30.1 Å². The largest absolute Gasteiger partial charge is 0.454 e. The number of hydrogen-bond donors (Lipinski definition) is 1. The van der Waals surface area contributed by atoms with Gasteiger partial charge in [-0.2, -0.15) is 0 Å². The number of carbonyl (C=O) groups is 2. The lowest BCUT2D eigenvalue weighted by Crippen LogP contribution is -2.19. The van der Waals surface area contributed by atoms with Gasteiger partial charge in [-0.25, -0.2) is 4.68 Å². The van der Waals surface area contributed by atoms with E-state index in [1.165, 1.54) is 18.7 Å². The Hall–Kier alpha value is -2.66. The molecule has 2 aliphatic rings. The number of ether oxygens (including phenoxy) is 3. The van der Waals surface area contributed by atoms with Crippen LogP contribution in [-0.2, 0) is 16.1 Å². The van der Waals surface area contributed by atoms with Gasteiger partial charge in [0.1, 0.15) is 0 Å². The lowest BCUT2D eigenvalue weighted by atomic mass is 10.1. The lowest BCUT2D eigenvalue weighted by Gasteiger charge is -2.11. The van der Waals surface area contributed by atoms with Gasteiger partial charge in [-0.05, 0) is 36.3 Å². The highest BCUT2D eigenvalue weighted by molar-refractivity contribution is 7.99. The molecule has 28 heavy (non-hydrogen) atoms. The SMILES string of the molecule is CC(=O)c1cc2c(cc1NC(=O)CSc1nnnn1CC1CCCO1)OCO2. The molecule has 1 fully saturated rings. The molecule has 1 aromatic carbocycles. The van der Waals surface area contributed by atoms with Crippen molar-refractivity contribution in [2.45, 2.75) is 37.6 Å². The number of nitrogens with zero attached hydrogens (tertiary/aromatic N) is 4. The maximum absolute atomic E-state index is 12.4. The standard InChI is InChI=1S/C17H19N5O5S/c1-10(23)12-5-14-15(27-9-26-14)6-13(12)18-16(24)8-28-17-19-20-21-22(17)7-11-3-2-4-25-11/h5-6,11H,2-4,7-9H2,1H3,(H,18,24). The molecule has 1 aromatic heterocycles. The summed E-state index contributed by atoms with van der Waals surface area (Å²) >= 11 is 1.22. The normalized spacial score (nSPS) is 17.7. The number of thioether (sulfide) groups is 1. The third-order valence-electron chi connectivity index (χ3n) is 4.40. The van der Waals surface area contributed by atoms with E-state index in [0.29, 0.717) is 34.5 Å². The van der Waals surface area contributed by atoms with Crippen LogP contribution in [0, 0.1) is 0 Å². The molecule has 1 unspecified atom stereocenters. The summed E-state index contributed by atoms with van der Waals surface area (Å²) in [6.45, 7) is 2.84. The molecule has 148 valence electrons. The van der Waals surface area contributed by atoms with Gasteiger partial charge in [0.25, 0.3) is 0 Å². The van der Waals surface area contributed by atoms with Crippen LogP contribution in [0.2, 0.25) is 0 Å². The molecule has 0 radical (unpaired) electrons. The number of tetrazole rings is 1. The summed E-state index contributed by atoms with van der Waals surface area (Å²) in [7, 11) is 0. The van der Waals surface area contributed by atoms with E-state index >= 15 is 0 Å². The van der Waals surface area contributed by atoms with Crippen LogP contribution in [0.4, 0.5) is 5.69 Å². The number of carbonyl (C=O) groups excluding carboxylic acids is 2. The first kappa shape index (κ1) is 18.7. The van der Waals surface area contributed by atoms with Gasteiger partial charge in [0.15, 0.2) is 17.3 Å². The van der Waals surface area contributed by atoms with Gasteiger partial charge >= 0.3 is 0 Å². The van der Waals surface area contributed by atoms with E-state index in [0.717, 1.165) is 19.4 Å². The molecule has 0 bridgehead atoms. The van der Waals surface area contributed by atoms with E-state index in [4.69, 9.17) is 14.2 Å². The number of nitrogens with one attached hydrogen (secondary N) is 1. The zero-order valence-corrected chi connectivity index (χ0v) is 16.0.